The fraction of sp³-hybridized carbons (Fsp3) is 0.421. The zero-order valence-corrected chi connectivity index (χ0v) is 13.5. The number of anilines is 1. The molecule has 1 aromatic heterocycles. The molecule has 126 valence electrons. The molecule has 1 fully saturated rings. The van der Waals surface area contributed by atoms with Crippen molar-refractivity contribution in [2.45, 2.75) is 50.7 Å². The summed E-state index contributed by atoms with van der Waals surface area (Å²) in [6, 6.07) is 9.28. The number of furan rings is 1. The lowest BCUT2D eigenvalue weighted by Gasteiger charge is -2.31. The van der Waals surface area contributed by atoms with E-state index in [4.69, 9.17) is 13.9 Å². The van der Waals surface area contributed by atoms with Crippen LogP contribution in [0.1, 0.15) is 44.3 Å². The Morgan fingerprint density at radius 3 is 2.71 bits per heavy atom. The predicted octanol–water partition coefficient (Wildman–Crippen LogP) is 4.28. The molecule has 0 saturated heterocycles. The first kappa shape index (κ1) is 15.1. The van der Waals surface area contributed by atoms with Crippen LogP contribution in [0.15, 0.2) is 41.0 Å². The van der Waals surface area contributed by atoms with E-state index in [-0.39, 0.29) is 5.91 Å². The van der Waals surface area contributed by atoms with E-state index < -0.39 is 5.79 Å². The van der Waals surface area contributed by atoms with Gasteiger partial charge in [-0.05, 0) is 37.1 Å². The smallest absolute Gasteiger partial charge is 0.251 e. The van der Waals surface area contributed by atoms with Crippen LogP contribution in [0.4, 0.5) is 5.69 Å². The highest BCUT2D eigenvalue weighted by Crippen LogP contribution is 2.46. The molecule has 2 heterocycles. The molecule has 2 aromatic rings. The summed E-state index contributed by atoms with van der Waals surface area (Å²) >= 11 is 0. The molecule has 1 aliphatic carbocycles. The average molecular weight is 327 g/mol. The molecule has 0 unspecified atom stereocenters. The number of carbonyl (C=O) groups excluding carboxylic acids is 1. The van der Waals surface area contributed by atoms with Crippen LogP contribution < -0.4 is 14.8 Å². The van der Waals surface area contributed by atoms with E-state index in [1.54, 1.807) is 6.26 Å². The minimum absolute atomic E-state index is 0.0438. The molecule has 5 nitrogen and oxygen atoms in total. The second-order valence-corrected chi connectivity index (χ2v) is 6.46. The van der Waals surface area contributed by atoms with Crippen LogP contribution in [0.2, 0.25) is 0 Å². The van der Waals surface area contributed by atoms with Gasteiger partial charge in [0.1, 0.15) is 5.76 Å². The third-order valence-electron chi connectivity index (χ3n) is 4.61. The molecule has 1 spiro atoms. The summed E-state index contributed by atoms with van der Waals surface area (Å²) in [5.41, 5.74) is 0.731. The molecule has 1 amide bonds. The van der Waals surface area contributed by atoms with Crippen LogP contribution in [-0.4, -0.2) is 11.7 Å². The van der Waals surface area contributed by atoms with Crippen molar-refractivity contribution in [1.82, 2.24) is 0 Å². The van der Waals surface area contributed by atoms with Gasteiger partial charge in [0.25, 0.3) is 5.79 Å². The number of amides is 1. The van der Waals surface area contributed by atoms with Gasteiger partial charge in [-0.3, -0.25) is 4.79 Å². The van der Waals surface area contributed by atoms with Gasteiger partial charge in [-0.15, -0.1) is 0 Å². The Bertz CT molecular complexity index is 717. The number of fused-ring (bicyclic) bond motifs is 1. The number of benzene rings is 1. The lowest BCUT2D eigenvalue weighted by atomic mass is 9.94. The first-order valence-corrected chi connectivity index (χ1v) is 8.57. The highest BCUT2D eigenvalue weighted by Gasteiger charge is 2.42. The van der Waals surface area contributed by atoms with E-state index in [0.29, 0.717) is 12.8 Å². The summed E-state index contributed by atoms with van der Waals surface area (Å²) < 4.78 is 17.4. The van der Waals surface area contributed by atoms with Gasteiger partial charge >= 0.3 is 0 Å². The van der Waals surface area contributed by atoms with Gasteiger partial charge in [-0.1, -0.05) is 6.42 Å². The Morgan fingerprint density at radius 2 is 1.92 bits per heavy atom. The Labute approximate surface area is 140 Å². The number of nitrogens with one attached hydrogen (secondary N) is 1. The summed E-state index contributed by atoms with van der Waals surface area (Å²) in [4.78, 5) is 12.1. The zero-order chi connectivity index (χ0) is 16.4. The Morgan fingerprint density at radius 1 is 1.08 bits per heavy atom. The maximum atomic E-state index is 12.1. The fourth-order valence-corrected chi connectivity index (χ4v) is 3.38. The van der Waals surface area contributed by atoms with Gasteiger partial charge in [0, 0.05) is 37.4 Å². The van der Waals surface area contributed by atoms with Crippen molar-refractivity contribution in [2.24, 2.45) is 0 Å². The first-order chi connectivity index (χ1) is 11.7. The quantitative estimate of drug-likeness (QED) is 0.910. The summed E-state index contributed by atoms with van der Waals surface area (Å²) in [6.07, 6.45) is 7.93. The Kier molecular flexibility index (Phi) is 3.92. The van der Waals surface area contributed by atoms with Gasteiger partial charge in [0.15, 0.2) is 11.5 Å². The molecule has 0 bridgehead atoms. The van der Waals surface area contributed by atoms with Crippen molar-refractivity contribution in [3.63, 3.8) is 0 Å². The lowest BCUT2D eigenvalue weighted by molar-refractivity contribution is -0.116. The minimum Gasteiger partial charge on any atom is -0.469 e. The fourth-order valence-electron chi connectivity index (χ4n) is 3.38. The SMILES string of the molecule is O=C(CCc1ccco1)Nc1ccc2c(c1)OC1(CCCCC1)O2. The maximum Gasteiger partial charge on any atom is 0.251 e. The van der Waals surface area contributed by atoms with Crippen molar-refractivity contribution in [3.8, 4) is 11.5 Å². The van der Waals surface area contributed by atoms with Crippen LogP contribution in [0.25, 0.3) is 0 Å². The van der Waals surface area contributed by atoms with Crippen molar-refractivity contribution in [1.29, 1.82) is 0 Å². The van der Waals surface area contributed by atoms with Crippen LogP contribution in [0.3, 0.4) is 0 Å². The minimum atomic E-state index is -0.484. The number of aryl methyl sites for hydroxylation is 1. The standard InChI is InChI=1S/C19H21NO4/c21-18(9-7-15-5-4-12-22-15)20-14-6-8-16-17(13-14)24-19(23-16)10-2-1-3-11-19/h4-6,8,12-13H,1-3,7,9-11H2,(H,20,21). The number of carbonyl (C=O) groups is 1. The first-order valence-electron chi connectivity index (χ1n) is 8.57. The van der Waals surface area contributed by atoms with E-state index >= 15 is 0 Å². The van der Waals surface area contributed by atoms with E-state index in [9.17, 15) is 4.79 Å². The molecule has 1 aromatic carbocycles. The van der Waals surface area contributed by atoms with Crippen molar-refractivity contribution in [2.75, 3.05) is 5.32 Å². The van der Waals surface area contributed by atoms with Crippen molar-refractivity contribution < 1.29 is 18.7 Å². The normalized spacial score (nSPS) is 17.8. The largest absolute Gasteiger partial charge is 0.469 e. The van der Waals surface area contributed by atoms with E-state index in [2.05, 4.69) is 5.32 Å². The predicted molar refractivity (Wildman–Crippen MR) is 89.2 cm³/mol. The van der Waals surface area contributed by atoms with Gasteiger partial charge in [0.2, 0.25) is 5.91 Å². The van der Waals surface area contributed by atoms with Crippen LogP contribution in [0, 0.1) is 0 Å². The second kappa shape index (κ2) is 6.23. The molecule has 0 atom stereocenters. The molecule has 1 N–H and O–H groups in total. The number of rotatable bonds is 4. The zero-order valence-electron chi connectivity index (χ0n) is 13.5. The molecule has 1 aliphatic heterocycles. The topological polar surface area (TPSA) is 60.7 Å². The van der Waals surface area contributed by atoms with E-state index in [1.807, 2.05) is 30.3 Å². The molecular weight excluding hydrogens is 306 g/mol. The number of hydrogen-bond acceptors (Lipinski definition) is 4. The Hall–Kier alpha value is -2.43. The monoisotopic (exact) mass is 327 g/mol. The van der Waals surface area contributed by atoms with E-state index in [1.165, 1.54) is 6.42 Å². The van der Waals surface area contributed by atoms with Crippen LogP contribution in [-0.2, 0) is 11.2 Å². The maximum absolute atomic E-state index is 12.1. The van der Waals surface area contributed by atoms with Crippen molar-refractivity contribution in [3.05, 3.63) is 42.4 Å². The van der Waals surface area contributed by atoms with Gasteiger partial charge < -0.3 is 19.2 Å². The van der Waals surface area contributed by atoms with Crippen LogP contribution in [0.5, 0.6) is 11.5 Å². The molecule has 24 heavy (non-hydrogen) atoms. The molecule has 4 rings (SSSR count). The Balaban J connectivity index is 1.38. The third-order valence-corrected chi connectivity index (χ3v) is 4.61. The van der Waals surface area contributed by atoms with Gasteiger partial charge in [-0.25, -0.2) is 0 Å². The number of ether oxygens (including phenoxy) is 2. The molecule has 2 aliphatic rings. The van der Waals surface area contributed by atoms with E-state index in [0.717, 1.165) is 48.6 Å². The third kappa shape index (κ3) is 3.11. The summed E-state index contributed by atoms with van der Waals surface area (Å²) in [7, 11) is 0. The molecule has 0 radical (unpaired) electrons. The highest BCUT2D eigenvalue weighted by atomic mass is 16.7. The van der Waals surface area contributed by atoms with Gasteiger partial charge in [0.05, 0.1) is 6.26 Å². The van der Waals surface area contributed by atoms with Gasteiger partial charge in [-0.2, -0.15) is 0 Å². The van der Waals surface area contributed by atoms with Crippen LogP contribution >= 0.6 is 0 Å². The average Bonchev–Trinajstić information content (AvgIpc) is 3.20. The molecular formula is C19H21NO4. The molecule has 1 saturated carbocycles. The lowest BCUT2D eigenvalue weighted by Crippen LogP contribution is -2.40. The highest BCUT2D eigenvalue weighted by molar-refractivity contribution is 5.91. The summed E-state index contributed by atoms with van der Waals surface area (Å²) in [6.45, 7) is 0. The number of hydrogen-bond donors (Lipinski definition) is 1. The summed E-state index contributed by atoms with van der Waals surface area (Å²) in [5, 5.41) is 2.91. The summed E-state index contributed by atoms with van der Waals surface area (Å²) in [5.74, 6) is 1.78. The van der Waals surface area contributed by atoms with Crippen molar-refractivity contribution >= 4 is 11.6 Å². The second-order valence-electron chi connectivity index (χ2n) is 6.46. The molecule has 5 heteroatoms.